The summed E-state index contributed by atoms with van der Waals surface area (Å²) in [5.74, 6) is -8.67. The van der Waals surface area contributed by atoms with Crippen LogP contribution in [-0.4, -0.2) is 52.9 Å². The van der Waals surface area contributed by atoms with Gasteiger partial charge in [0.15, 0.2) is 0 Å². The van der Waals surface area contributed by atoms with E-state index in [-0.39, 0.29) is 11.5 Å². The van der Waals surface area contributed by atoms with E-state index < -0.39 is 82.0 Å². The number of carboxylic acids is 1. The number of rotatable bonds is 9. The molecular formula is C32H27F6N3O9. The average Bonchev–Trinajstić information content (AvgIpc) is 3.03. The molecule has 3 aromatic rings. The lowest BCUT2D eigenvalue weighted by Gasteiger charge is -2.24. The van der Waals surface area contributed by atoms with Crippen molar-refractivity contribution in [2.45, 2.75) is 45.3 Å². The van der Waals surface area contributed by atoms with Crippen LogP contribution in [-0.2, 0) is 36.2 Å². The van der Waals surface area contributed by atoms with Gasteiger partial charge < -0.3 is 19.9 Å². The van der Waals surface area contributed by atoms with Crippen LogP contribution < -0.4 is 16.2 Å². The monoisotopic (exact) mass is 711 g/mol. The number of carbonyl (C=O) groups is 6. The van der Waals surface area contributed by atoms with Crippen molar-refractivity contribution in [3.05, 3.63) is 101 Å². The van der Waals surface area contributed by atoms with E-state index in [0.717, 1.165) is 24.3 Å². The van der Waals surface area contributed by atoms with Gasteiger partial charge in [-0.3, -0.25) is 25.2 Å². The number of carboxylic acid groups (broad SMARTS) is 1. The van der Waals surface area contributed by atoms with Gasteiger partial charge in [-0.1, -0.05) is 32.9 Å². The average molecular weight is 712 g/mol. The minimum absolute atomic E-state index is 0.123. The van der Waals surface area contributed by atoms with Crippen LogP contribution in [0.5, 0.6) is 0 Å². The Morgan fingerprint density at radius 3 is 1.52 bits per heavy atom. The molecule has 4 N–H and O–H groups in total. The minimum Gasteiger partial charge on any atom is -0.478 e. The van der Waals surface area contributed by atoms with E-state index in [4.69, 9.17) is 9.47 Å². The molecule has 0 spiro atoms. The van der Waals surface area contributed by atoms with Gasteiger partial charge >= 0.3 is 30.3 Å². The van der Waals surface area contributed by atoms with Gasteiger partial charge in [-0.25, -0.2) is 14.4 Å². The second-order valence-electron chi connectivity index (χ2n) is 11.4. The molecule has 0 heterocycles. The molecule has 3 rings (SSSR count). The fraction of sp³-hybridized carbons (Fsp3) is 0.250. The van der Waals surface area contributed by atoms with Crippen molar-refractivity contribution in [1.82, 2.24) is 10.9 Å². The highest BCUT2D eigenvalue weighted by atomic mass is 19.4. The number of nitrogens with one attached hydrogen (secondary N) is 3. The molecular weight excluding hydrogens is 684 g/mol. The van der Waals surface area contributed by atoms with Gasteiger partial charge in [0.1, 0.15) is 0 Å². The zero-order chi connectivity index (χ0) is 37.6. The molecule has 12 nitrogen and oxygen atoms in total. The van der Waals surface area contributed by atoms with Crippen LogP contribution in [0.25, 0.3) is 0 Å². The molecule has 3 aromatic carbocycles. The highest BCUT2D eigenvalue weighted by molar-refractivity contribution is 6.00. The highest BCUT2D eigenvalue weighted by Crippen LogP contribution is 2.31. The summed E-state index contributed by atoms with van der Waals surface area (Å²) in [5.41, 5.74) is -1.23. The Morgan fingerprint density at radius 1 is 0.640 bits per heavy atom. The molecule has 0 fully saturated rings. The van der Waals surface area contributed by atoms with Gasteiger partial charge in [0.2, 0.25) is 18.1 Å². The van der Waals surface area contributed by atoms with E-state index in [1.807, 2.05) is 5.43 Å². The summed E-state index contributed by atoms with van der Waals surface area (Å²) < 4.78 is 88.8. The third-order valence-corrected chi connectivity index (χ3v) is 6.48. The third-order valence-electron chi connectivity index (χ3n) is 6.48. The topological polar surface area (TPSA) is 177 Å². The molecule has 18 heteroatoms. The van der Waals surface area contributed by atoms with Crippen LogP contribution in [0, 0.1) is 5.41 Å². The van der Waals surface area contributed by atoms with Crippen molar-refractivity contribution in [1.29, 1.82) is 0 Å². The largest absolute Gasteiger partial charge is 0.478 e. The van der Waals surface area contributed by atoms with E-state index in [9.17, 15) is 60.2 Å². The lowest BCUT2D eigenvalue weighted by atomic mass is 9.95. The van der Waals surface area contributed by atoms with Crippen LogP contribution in [0.2, 0.25) is 0 Å². The molecule has 0 aliphatic heterocycles. The fourth-order valence-electron chi connectivity index (χ4n) is 3.79. The molecule has 266 valence electrons. The Balaban J connectivity index is 1.88. The van der Waals surface area contributed by atoms with E-state index in [0.29, 0.717) is 30.0 Å². The number of ether oxygens (including phenoxy) is 2. The second kappa shape index (κ2) is 15.1. The number of halogens is 6. The van der Waals surface area contributed by atoms with Gasteiger partial charge in [0.25, 0.3) is 11.8 Å². The minimum atomic E-state index is -4.93. The number of anilines is 1. The maximum Gasteiger partial charge on any atom is 0.416 e. The Morgan fingerprint density at radius 2 is 1.10 bits per heavy atom. The zero-order valence-electron chi connectivity index (χ0n) is 26.1. The normalized spacial score (nSPS) is 12.9. The Kier molecular flexibility index (Phi) is 11.6. The maximum absolute atomic E-state index is 13.2. The van der Waals surface area contributed by atoms with Crippen LogP contribution in [0.3, 0.4) is 0 Å². The quantitative estimate of drug-likeness (QED) is 0.135. The summed E-state index contributed by atoms with van der Waals surface area (Å²) in [7, 11) is 0. The molecule has 3 amide bonds. The summed E-state index contributed by atoms with van der Waals surface area (Å²) in [6, 6.07) is 10.2. The summed E-state index contributed by atoms with van der Waals surface area (Å²) >= 11 is 0. The van der Waals surface area contributed by atoms with Crippen molar-refractivity contribution in [3.63, 3.8) is 0 Å². The Bertz CT molecular complexity index is 1790. The summed E-state index contributed by atoms with van der Waals surface area (Å²) in [6.45, 7) is 4.99. The Labute approximate surface area is 278 Å². The number of amides is 3. The molecule has 0 aromatic heterocycles. The van der Waals surface area contributed by atoms with E-state index in [1.54, 1.807) is 26.2 Å². The number of carbonyl (C=O) groups excluding carboxylic acids is 5. The number of hydrazine groups is 1. The zero-order valence-corrected chi connectivity index (χ0v) is 26.1. The van der Waals surface area contributed by atoms with Crippen LogP contribution in [0.1, 0.15) is 63.0 Å². The third kappa shape index (κ3) is 10.3. The number of alkyl halides is 6. The van der Waals surface area contributed by atoms with Crippen molar-refractivity contribution < 1.29 is 69.7 Å². The standard InChI is InChI=1S/C32H27F6N3O9/c1-30(2,3)29(48)39-21-12-10-16(11-13-21)24(42)40-41-25(43)22(49-27(46)17-6-4-8-19(14-17)31(33,34)35)23(26(44)45)50-28(47)18-7-5-9-20(15-18)32(36,37)38/h4-15,22-23H,1-3H3,(H,39,48)(H,40,42)(H,41,43)(H,44,45)/t22-,23-/m1/s1. The van der Waals surface area contributed by atoms with Crippen molar-refractivity contribution in [2.75, 3.05) is 5.32 Å². The number of esters is 2. The first kappa shape index (κ1) is 38.5. The first-order valence-electron chi connectivity index (χ1n) is 14.1. The van der Waals surface area contributed by atoms with E-state index in [1.165, 1.54) is 24.3 Å². The maximum atomic E-state index is 13.2. The van der Waals surface area contributed by atoms with Crippen LogP contribution in [0.4, 0.5) is 32.0 Å². The molecule has 0 aliphatic rings. The molecule has 0 bridgehead atoms. The van der Waals surface area contributed by atoms with Gasteiger partial charge in [-0.2, -0.15) is 26.3 Å². The fourth-order valence-corrected chi connectivity index (χ4v) is 3.79. The van der Waals surface area contributed by atoms with Gasteiger partial charge in [0, 0.05) is 16.7 Å². The summed E-state index contributed by atoms with van der Waals surface area (Å²) in [4.78, 5) is 75.8. The molecule has 0 unspecified atom stereocenters. The molecule has 50 heavy (non-hydrogen) atoms. The lowest BCUT2D eigenvalue weighted by Crippen LogP contribution is -2.54. The smallest absolute Gasteiger partial charge is 0.416 e. The summed E-state index contributed by atoms with van der Waals surface area (Å²) in [5, 5.41) is 12.4. The first-order chi connectivity index (χ1) is 23.1. The second-order valence-corrected chi connectivity index (χ2v) is 11.4. The molecule has 0 radical (unpaired) electrons. The van der Waals surface area contributed by atoms with Crippen molar-refractivity contribution in [2.24, 2.45) is 5.41 Å². The molecule has 0 saturated heterocycles. The number of hydrogen-bond donors (Lipinski definition) is 4. The number of benzene rings is 3. The predicted molar refractivity (Wildman–Crippen MR) is 159 cm³/mol. The number of aliphatic carboxylic acids is 1. The molecule has 0 saturated carbocycles. The number of hydrogen-bond acceptors (Lipinski definition) is 8. The first-order valence-corrected chi connectivity index (χ1v) is 14.1. The lowest BCUT2D eigenvalue weighted by molar-refractivity contribution is -0.159. The molecule has 2 atom stereocenters. The SMILES string of the molecule is CC(C)(C)C(=O)Nc1ccc(C(=O)NNC(=O)[C@H](OC(=O)c2cccc(C(F)(F)F)c2)[C@@H](OC(=O)c2cccc(C(F)(F)F)c2)C(=O)O)cc1. The van der Waals surface area contributed by atoms with Crippen LogP contribution >= 0.6 is 0 Å². The van der Waals surface area contributed by atoms with Crippen molar-refractivity contribution in [3.8, 4) is 0 Å². The van der Waals surface area contributed by atoms with Crippen LogP contribution in [0.15, 0.2) is 72.8 Å². The van der Waals surface area contributed by atoms with Gasteiger partial charge in [-0.05, 0) is 60.7 Å². The Hall–Kier alpha value is -5.94. The van der Waals surface area contributed by atoms with E-state index >= 15 is 0 Å². The van der Waals surface area contributed by atoms with Gasteiger partial charge in [-0.15, -0.1) is 0 Å². The predicted octanol–water partition coefficient (Wildman–Crippen LogP) is 5.01. The van der Waals surface area contributed by atoms with Gasteiger partial charge in [0.05, 0.1) is 22.3 Å². The highest BCUT2D eigenvalue weighted by Gasteiger charge is 2.42. The van der Waals surface area contributed by atoms with E-state index in [2.05, 4.69) is 5.32 Å². The summed E-state index contributed by atoms with van der Waals surface area (Å²) in [6.07, 6.45) is -15.4. The molecule has 0 aliphatic carbocycles. The van der Waals surface area contributed by atoms with Crippen molar-refractivity contribution >= 4 is 41.3 Å².